The topological polar surface area (TPSA) is 73.6 Å². The Kier molecular flexibility index (Phi) is 6.83. The van der Waals surface area contributed by atoms with Gasteiger partial charge in [0.1, 0.15) is 5.75 Å². The van der Waals surface area contributed by atoms with Crippen LogP contribution >= 0.6 is 0 Å². The van der Waals surface area contributed by atoms with Gasteiger partial charge in [-0.05, 0) is 18.6 Å². The molecule has 0 aliphatic carbocycles. The van der Waals surface area contributed by atoms with Crippen molar-refractivity contribution in [2.45, 2.75) is 6.42 Å². The standard InChI is InChI=1S/C13H20N2O3/c1-17-12-6-3-2-5-11(12)13(16)15-8-4-9-18-10-7-14/h2-3,5-6H,4,7-10,14H2,1H3,(H,15,16). The predicted molar refractivity (Wildman–Crippen MR) is 69.8 cm³/mol. The molecule has 18 heavy (non-hydrogen) atoms. The highest BCUT2D eigenvalue weighted by molar-refractivity contribution is 5.96. The molecule has 0 unspecified atom stereocenters. The molecule has 1 rings (SSSR count). The van der Waals surface area contributed by atoms with E-state index in [1.165, 1.54) is 0 Å². The number of nitrogens with two attached hydrogens (primary N) is 1. The van der Waals surface area contributed by atoms with E-state index < -0.39 is 0 Å². The van der Waals surface area contributed by atoms with Gasteiger partial charge in [0.2, 0.25) is 0 Å². The lowest BCUT2D eigenvalue weighted by molar-refractivity contribution is 0.0940. The van der Waals surface area contributed by atoms with Crippen molar-refractivity contribution in [2.75, 3.05) is 33.4 Å². The highest BCUT2D eigenvalue weighted by atomic mass is 16.5. The Bertz CT molecular complexity index is 369. The van der Waals surface area contributed by atoms with Gasteiger partial charge >= 0.3 is 0 Å². The predicted octanol–water partition coefficient (Wildman–Crippen LogP) is 0.790. The van der Waals surface area contributed by atoms with Crippen LogP contribution < -0.4 is 15.8 Å². The number of carbonyl (C=O) groups excluding carboxylic acids is 1. The number of methoxy groups -OCH3 is 1. The van der Waals surface area contributed by atoms with Crippen molar-refractivity contribution in [1.29, 1.82) is 0 Å². The first-order valence-electron chi connectivity index (χ1n) is 5.98. The minimum Gasteiger partial charge on any atom is -0.496 e. The summed E-state index contributed by atoms with van der Waals surface area (Å²) in [6, 6.07) is 7.14. The van der Waals surface area contributed by atoms with Crippen molar-refractivity contribution < 1.29 is 14.3 Å². The molecule has 5 nitrogen and oxygen atoms in total. The Morgan fingerprint density at radius 1 is 1.33 bits per heavy atom. The summed E-state index contributed by atoms with van der Waals surface area (Å²) in [5.74, 6) is 0.445. The summed E-state index contributed by atoms with van der Waals surface area (Å²) >= 11 is 0. The third-order valence-electron chi connectivity index (χ3n) is 2.36. The fourth-order valence-electron chi connectivity index (χ4n) is 1.49. The quantitative estimate of drug-likeness (QED) is 0.671. The number of rotatable bonds is 8. The summed E-state index contributed by atoms with van der Waals surface area (Å²) in [6.45, 7) is 2.25. The monoisotopic (exact) mass is 252 g/mol. The van der Waals surface area contributed by atoms with Crippen LogP contribution in [0.15, 0.2) is 24.3 Å². The van der Waals surface area contributed by atoms with Gasteiger partial charge in [-0.25, -0.2) is 0 Å². The molecule has 0 aliphatic rings. The second kappa shape index (κ2) is 8.49. The second-order valence-corrected chi connectivity index (χ2v) is 3.71. The number of para-hydroxylation sites is 1. The van der Waals surface area contributed by atoms with Gasteiger partial charge in [0.15, 0.2) is 0 Å². The first-order valence-corrected chi connectivity index (χ1v) is 5.98. The normalized spacial score (nSPS) is 10.1. The van der Waals surface area contributed by atoms with E-state index in [-0.39, 0.29) is 5.91 Å². The molecule has 3 N–H and O–H groups in total. The zero-order valence-electron chi connectivity index (χ0n) is 10.6. The third kappa shape index (κ3) is 4.73. The summed E-state index contributed by atoms with van der Waals surface area (Å²) in [5, 5.41) is 2.82. The van der Waals surface area contributed by atoms with Gasteiger partial charge < -0.3 is 20.5 Å². The zero-order valence-corrected chi connectivity index (χ0v) is 10.6. The molecule has 100 valence electrons. The molecule has 0 atom stereocenters. The zero-order chi connectivity index (χ0) is 13.2. The van der Waals surface area contributed by atoms with Crippen molar-refractivity contribution in [3.63, 3.8) is 0 Å². The summed E-state index contributed by atoms with van der Waals surface area (Å²) < 4.78 is 10.3. The molecule has 0 bridgehead atoms. The lowest BCUT2D eigenvalue weighted by Gasteiger charge is -2.09. The van der Waals surface area contributed by atoms with Gasteiger partial charge in [0, 0.05) is 19.7 Å². The molecular formula is C13H20N2O3. The van der Waals surface area contributed by atoms with Gasteiger partial charge in [-0.2, -0.15) is 0 Å². The van der Waals surface area contributed by atoms with E-state index in [0.717, 1.165) is 6.42 Å². The Balaban J connectivity index is 2.32. The molecule has 0 aliphatic heterocycles. The molecule has 0 aromatic heterocycles. The molecule has 0 fully saturated rings. The number of amides is 1. The molecule has 0 saturated heterocycles. The second-order valence-electron chi connectivity index (χ2n) is 3.71. The minimum absolute atomic E-state index is 0.133. The molecule has 0 saturated carbocycles. The minimum atomic E-state index is -0.133. The number of ether oxygens (including phenoxy) is 2. The lowest BCUT2D eigenvalue weighted by Crippen LogP contribution is -2.25. The maximum absolute atomic E-state index is 11.9. The van der Waals surface area contributed by atoms with Crippen LogP contribution in [0.25, 0.3) is 0 Å². The van der Waals surface area contributed by atoms with Crippen LogP contribution in [0, 0.1) is 0 Å². The van der Waals surface area contributed by atoms with Crippen LogP contribution in [-0.4, -0.2) is 39.3 Å². The van der Waals surface area contributed by atoms with Gasteiger partial charge in [0.25, 0.3) is 5.91 Å². The van der Waals surface area contributed by atoms with E-state index in [0.29, 0.717) is 37.6 Å². The molecular weight excluding hydrogens is 232 g/mol. The molecule has 0 spiro atoms. The number of hydrogen-bond donors (Lipinski definition) is 2. The van der Waals surface area contributed by atoms with E-state index >= 15 is 0 Å². The Morgan fingerprint density at radius 3 is 2.83 bits per heavy atom. The van der Waals surface area contributed by atoms with Gasteiger partial charge in [0.05, 0.1) is 19.3 Å². The fourth-order valence-corrected chi connectivity index (χ4v) is 1.49. The Morgan fingerprint density at radius 2 is 2.11 bits per heavy atom. The number of nitrogens with one attached hydrogen (secondary N) is 1. The van der Waals surface area contributed by atoms with E-state index in [2.05, 4.69) is 5.32 Å². The summed E-state index contributed by atoms with van der Waals surface area (Å²) in [5.41, 5.74) is 5.84. The van der Waals surface area contributed by atoms with Gasteiger partial charge in [-0.15, -0.1) is 0 Å². The fraction of sp³-hybridized carbons (Fsp3) is 0.462. The molecule has 1 amide bonds. The maximum atomic E-state index is 11.9. The largest absolute Gasteiger partial charge is 0.496 e. The highest BCUT2D eigenvalue weighted by Gasteiger charge is 2.09. The number of carbonyl (C=O) groups is 1. The number of hydrogen-bond acceptors (Lipinski definition) is 4. The molecule has 1 aromatic rings. The number of benzene rings is 1. The van der Waals surface area contributed by atoms with Crippen LogP contribution in [-0.2, 0) is 4.74 Å². The maximum Gasteiger partial charge on any atom is 0.255 e. The molecule has 0 heterocycles. The summed E-state index contributed by atoms with van der Waals surface area (Å²) in [7, 11) is 1.55. The van der Waals surface area contributed by atoms with E-state index in [1.54, 1.807) is 19.2 Å². The molecule has 1 aromatic carbocycles. The first kappa shape index (κ1) is 14.5. The average Bonchev–Trinajstić information content (AvgIpc) is 2.42. The van der Waals surface area contributed by atoms with Crippen molar-refractivity contribution in [2.24, 2.45) is 5.73 Å². The van der Waals surface area contributed by atoms with Crippen molar-refractivity contribution >= 4 is 5.91 Å². The van der Waals surface area contributed by atoms with Crippen LogP contribution in [0.4, 0.5) is 0 Å². The summed E-state index contributed by atoms with van der Waals surface area (Å²) in [4.78, 5) is 11.9. The van der Waals surface area contributed by atoms with E-state index in [9.17, 15) is 4.79 Å². The van der Waals surface area contributed by atoms with Crippen molar-refractivity contribution in [1.82, 2.24) is 5.32 Å². The van der Waals surface area contributed by atoms with Crippen molar-refractivity contribution in [3.8, 4) is 5.75 Å². The first-order chi connectivity index (χ1) is 8.79. The van der Waals surface area contributed by atoms with Crippen LogP contribution in [0.2, 0.25) is 0 Å². The third-order valence-corrected chi connectivity index (χ3v) is 2.36. The molecule has 5 heteroatoms. The SMILES string of the molecule is COc1ccccc1C(=O)NCCCOCCN. The van der Waals surface area contributed by atoms with Crippen LogP contribution in [0.3, 0.4) is 0 Å². The van der Waals surface area contributed by atoms with Crippen LogP contribution in [0.1, 0.15) is 16.8 Å². The Hall–Kier alpha value is -1.59. The van der Waals surface area contributed by atoms with Gasteiger partial charge in [-0.1, -0.05) is 12.1 Å². The smallest absolute Gasteiger partial charge is 0.255 e. The van der Waals surface area contributed by atoms with E-state index in [1.807, 2.05) is 12.1 Å². The van der Waals surface area contributed by atoms with E-state index in [4.69, 9.17) is 15.2 Å². The average molecular weight is 252 g/mol. The van der Waals surface area contributed by atoms with Gasteiger partial charge in [-0.3, -0.25) is 4.79 Å². The molecule has 0 radical (unpaired) electrons. The summed E-state index contributed by atoms with van der Waals surface area (Å²) in [6.07, 6.45) is 0.765. The van der Waals surface area contributed by atoms with Crippen LogP contribution in [0.5, 0.6) is 5.75 Å². The Labute approximate surface area is 107 Å². The lowest BCUT2D eigenvalue weighted by atomic mass is 10.2. The van der Waals surface area contributed by atoms with Crippen molar-refractivity contribution in [3.05, 3.63) is 29.8 Å². The highest BCUT2D eigenvalue weighted by Crippen LogP contribution is 2.16.